The van der Waals surface area contributed by atoms with Gasteiger partial charge in [-0.1, -0.05) is 24.3 Å². The van der Waals surface area contributed by atoms with Crippen LogP contribution in [-0.4, -0.2) is 17.7 Å². The van der Waals surface area contributed by atoms with Crippen molar-refractivity contribution in [3.63, 3.8) is 0 Å². The number of hydrogen-bond donors (Lipinski definition) is 2. The molecule has 2 nitrogen and oxygen atoms in total. The SMILES string of the molecule is O[C@H](CN[C@H]1CCc2ccccc2C1)c1ccsc1. The third-order valence-electron chi connectivity index (χ3n) is 3.87. The molecule has 0 fully saturated rings. The topological polar surface area (TPSA) is 32.3 Å². The van der Waals surface area contributed by atoms with Gasteiger partial charge in [-0.15, -0.1) is 0 Å². The third kappa shape index (κ3) is 3.06. The van der Waals surface area contributed by atoms with Gasteiger partial charge in [-0.3, -0.25) is 0 Å². The van der Waals surface area contributed by atoms with Crippen LogP contribution in [0.5, 0.6) is 0 Å². The highest BCUT2D eigenvalue weighted by atomic mass is 32.1. The second-order valence-electron chi connectivity index (χ2n) is 5.19. The molecule has 2 aromatic rings. The fourth-order valence-electron chi connectivity index (χ4n) is 2.73. The largest absolute Gasteiger partial charge is 0.387 e. The van der Waals surface area contributed by atoms with Crippen molar-refractivity contribution in [1.82, 2.24) is 5.32 Å². The monoisotopic (exact) mass is 273 g/mol. The minimum absolute atomic E-state index is 0.386. The van der Waals surface area contributed by atoms with Crippen molar-refractivity contribution >= 4 is 11.3 Å². The quantitative estimate of drug-likeness (QED) is 0.897. The first-order valence-corrected chi connectivity index (χ1v) is 7.77. The molecule has 0 amide bonds. The van der Waals surface area contributed by atoms with Crippen LogP contribution >= 0.6 is 11.3 Å². The molecule has 3 rings (SSSR count). The summed E-state index contributed by atoms with van der Waals surface area (Å²) >= 11 is 1.63. The zero-order valence-electron chi connectivity index (χ0n) is 10.9. The Bertz CT molecular complexity index is 523. The number of nitrogens with one attached hydrogen (secondary N) is 1. The first-order valence-electron chi connectivity index (χ1n) is 6.83. The van der Waals surface area contributed by atoms with E-state index in [1.54, 1.807) is 11.3 Å². The summed E-state index contributed by atoms with van der Waals surface area (Å²) in [6, 6.07) is 11.2. The minimum Gasteiger partial charge on any atom is -0.387 e. The van der Waals surface area contributed by atoms with E-state index >= 15 is 0 Å². The summed E-state index contributed by atoms with van der Waals surface area (Å²) < 4.78 is 0. The van der Waals surface area contributed by atoms with E-state index in [0.717, 1.165) is 24.8 Å². The van der Waals surface area contributed by atoms with Gasteiger partial charge in [0.05, 0.1) is 6.10 Å². The van der Waals surface area contributed by atoms with E-state index in [0.29, 0.717) is 12.6 Å². The molecule has 1 aliphatic carbocycles. The summed E-state index contributed by atoms with van der Waals surface area (Å²) in [4.78, 5) is 0. The van der Waals surface area contributed by atoms with E-state index in [4.69, 9.17) is 0 Å². The lowest BCUT2D eigenvalue weighted by Crippen LogP contribution is -2.37. The number of aliphatic hydroxyl groups excluding tert-OH is 1. The van der Waals surface area contributed by atoms with E-state index in [-0.39, 0.29) is 6.10 Å². The first kappa shape index (κ1) is 12.9. The Hall–Kier alpha value is -1.16. The Morgan fingerprint density at radius 2 is 2.11 bits per heavy atom. The Balaban J connectivity index is 1.55. The normalized spacial score (nSPS) is 19.9. The van der Waals surface area contributed by atoms with Gasteiger partial charge in [0.25, 0.3) is 0 Å². The van der Waals surface area contributed by atoms with E-state index in [1.165, 1.54) is 11.1 Å². The molecule has 0 spiro atoms. The summed E-state index contributed by atoms with van der Waals surface area (Å²) in [7, 11) is 0. The van der Waals surface area contributed by atoms with Crippen molar-refractivity contribution in [2.24, 2.45) is 0 Å². The van der Waals surface area contributed by atoms with E-state index < -0.39 is 0 Å². The van der Waals surface area contributed by atoms with E-state index in [2.05, 4.69) is 29.6 Å². The average molecular weight is 273 g/mol. The van der Waals surface area contributed by atoms with Crippen molar-refractivity contribution in [3.05, 3.63) is 57.8 Å². The van der Waals surface area contributed by atoms with Crippen LogP contribution in [0.1, 0.15) is 29.2 Å². The van der Waals surface area contributed by atoms with Crippen LogP contribution < -0.4 is 5.32 Å². The molecule has 1 aliphatic rings. The third-order valence-corrected chi connectivity index (χ3v) is 4.58. The summed E-state index contributed by atoms with van der Waals surface area (Å²) in [5.41, 5.74) is 3.96. The van der Waals surface area contributed by atoms with Gasteiger partial charge in [-0.25, -0.2) is 0 Å². The van der Waals surface area contributed by atoms with Crippen LogP contribution in [0.15, 0.2) is 41.1 Å². The van der Waals surface area contributed by atoms with Crippen LogP contribution in [0.4, 0.5) is 0 Å². The fourth-order valence-corrected chi connectivity index (χ4v) is 3.44. The molecule has 0 bridgehead atoms. The zero-order chi connectivity index (χ0) is 13.1. The number of hydrogen-bond acceptors (Lipinski definition) is 3. The van der Waals surface area contributed by atoms with Gasteiger partial charge >= 0.3 is 0 Å². The maximum atomic E-state index is 10.1. The second-order valence-corrected chi connectivity index (χ2v) is 5.97. The van der Waals surface area contributed by atoms with Crippen LogP contribution in [0.2, 0.25) is 0 Å². The molecule has 0 saturated heterocycles. The molecular weight excluding hydrogens is 254 g/mol. The van der Waals surface area contributed by atoms with Gasteiger partial charge in [0.1, 0.15) is 0 Å². The highest BCUT2D eigenvalue weighted by Gasteiger charge is 2.18. The molecule has 1 aromatic carbocycles. The molecule has 1 aromatic heterocycles. The Morgan fingerprint density at radius 3 is 2.89 bits per heavy atom. The standard InChI is InChI=1S/C16H19NOS/c18-16(14-7-8-19-11-14)10-17-15-6-5-12-3-1-2-4-13(12)9-15/h1-4,7-8,11,15-18H,5-6,9-10H2/t15-,16+/m0/s1. The highest BCUT2D eigenvalue weighted by molar-refractivity contribution is 7.07. The maximum Gasteiger partial charge on any atom is 0.0922 e. The number of aryl methyl sites for hydroxylation is 1. The zero-order valence-corrected chi connectivity index (χ0v) is 11.7. The van der Waals surface area contributed by atoms with Crippen molar-refractivity contribution < 1.29 is 5.11 Å². The summed E-state index contributed by atoms with van der Waals surface area (Å²) in [6.07, 6.45) is 2.99. The molecule has 0 radical (unpaired) electrons. The van der Waals surface area contributed by atoms with Gasteiger partial charge in [0.15, 0.2) is 0 Å². The van der Waals surface area contributed by atoms with Gasteiger partial charge in [0, 0.05) is 12.6 Å². The van der Waals surface area contributed by atoms with Gasteiger partial charge in [0.2, 0.25) is 0 Å². The van der Waals surface area contributed by atoms with Crippen molar-refractivity contribution in [1.29, 1.82) is 0 Å². The summed E-state index contributed by atoms with van der Waals surface area (Å²) in [5, 5.41) is 17.6. The summed E-state index contributed by atoms with van der Waals surface area (Å²) in [6.45, 7) is 0.642. The molecule has 1 heterocycles. The Kier molecular flexibility index (Phi) is 3.97. The fraction of sp³-hybridized carbons (Fsp3) is 0.375. The molecule has 2 N–H and O–H groups in total. The Morgan fingerprint density at radius 1 is 1.26 bits per heavy atom. The first-order chi connectivity index (χ1) is 9.33. The molecule has 3 heteroatoms. The van der Waals surface area contributed by atoms with Crippen LogP contribution in [0.25, 0.3) is 0 Å². The number of fused-ring (bicyclic) bond motifs is 1. The predicted molar refractivity (Wildman–Crippen MR) is 79.5 cm³/mol. The molecule has 0 unspecified atom stereocenters. The lowest BCUT2D eigenvalue weighted by Gasteiger charge is -2.26. The molecule has 0 saturated carbocycles. The molecule has 0 aliphatic heterocycles. The number of benzene rings is 1. The second kappa shape index (κ2) is 5.87. The number of aliphatic hydroxyl groups is 1. The maximum absolute atomic E-state index is 10.1. The lowest BCUT2D eigenvalue weighted by molar-refractivity contribution is 0.168. The predicted octanol–water partition coefficient (Wildman–Crippen LogP) is 2.93. The number of rotatable bonds is 4. The number of thiophene rings is 1. The molecule has 2 atom stereocenters. The minimum atomic E-state index is -0.386. The van der Waals surface area contributed by atoms with Crippen molar-refractivity contribution in [2.45, 2.75) is 31.4 Å². The highest BCUT2D eigenvalue weighted by Crippen LogP contribution is 2.22. The summed E-state index contributed by atoms with van der Waals surface area (Å²) in [5.74, 6) is 0. The van der Waals surface area contributed by atoms with E-state index in [9.17, 15) is 5.11 Å². The Labute approximate surface area is 118 Å². The van der Waals surface area contributed by atoms with Crippen molar-refractivity contribution in [3.8, 4) is 0 Å². The van der Waals surface area contributed by atoms with Crippen LogP contribution in [0.3, 0.4) is 0 Å². The smallest absolute Gasteiger partial charge is 0.0922 e. The van der Waals surface area contributed by atoms with Crippen LogP contribution in [-0.2, 0) is 12.8 Å². The van der Waals surface area contributed by atoms with Gasteiger partial charge in [-0.05, 0) is 52.8 Å². The molecular formula is C16H19NOS. The van der Waals surface area contributed by atoms with Crippen LogP contribution in [0, 0.1) is 0 Å². The lowest BCUT2D eigenvalue weighted by atomic mass is 9.88. The van der Waals surface area contributed by atoms with Gasteiger partial charge < -0.3 is 10.4 Å². The molecule has 19 heavy (non-hydrogen) atoms. The van der Waals surface area contributed by atoms with E-state index in [1.807, 2.05) is 16.8 Å². The van der Waals surface area contributed by atoms with Crippen molar-refractivity contribution in [2.75, 3.05) is 6.54 Å². The average Bonchev–Trinajstić information content (AvgIpc) is 2.99. The van der Waals surface area contributed by atoms with Gasteiger partial charge in [-0.2, -0.15) is 11.3 Å². The molecule has 100 valence electrons.